The van der Waals surface area contributed by atoms with Crippen LogP contribution in [0.4, 0.5) is 5.69 Å². The molecule has 0 spiro atoms. The quantitative estimate of drug-likeness (QED) is 0.241. The number of nitrogens with one attached hydrogen (secondary N) is 3. The molecule has 0 saturated carbocycles. The number of benzene rings is 2. The molecular weight excluding hydrogens is 484 g/mol. The molecule has 4 aromatic rings. The van der Waals surface area contributed by atoms with Crippen molar-refractivity contribution in [1.82, 2.24) is 15.5 Å². The van der Waals surface area contributed by atoms with Gasteiger partial charge in [-0.05, 0) is 48.2 Å². The van der Waals surface area contributed by atoms with Gasteiger partial charge < -0.3 is 15.2 Å². The zero-order chi connectivity index (χ0) is 23.4. The lowest BCUT2D eigenvalue weighted by atomic mass is 10.1. The molecule has 0 bridgehead atoms. The average Bonchev–Trinajstić information content (AvgIpc) is 3.46. The van der Waals surface area contributed by atoms with E-state index in [1.165, 1.54) is 12.1 Å². The van der Waals surface area contributed by atoms with E-state index in [0.717, 1.165) is 33.7 Å². The first-order valence-corrected chi connectivity index (χ1v) is 12.9. The Balaban J connectivity index is 1.29. The highest BCUT2D eigenvalue weighted by Crippen LogP contribution is 2.29. The standard InChI is InChI=1S/C22H23ClN4O4S2/c1-14-17-6-5-16(12-19(17)26-25-14)31-9-8-24-13-21(28)15-4-7-18(23)20(11-15)27-33(29,30)22-3-2-10-32-22/h2-7,10-12,21,24,27-28H,8-9,13H2,1H3,(H,25,26). The number of halogens is 1. The number of thiophene rings is 1. The van der Waals surface area contributed by atoms with E-state index in [4.69, 9.17) is 16.3 Å². The summed E-state index contributed by atoms with van der Waals surface area (Å²) in [6, 6.07) is 13.7. The van der Waals surface area contributed by atoms with Gasteiger partial charge in [0.05, 0.1) is 22.3 Å². The summed E-state index contributed by atoms with van der Waals surface area (Å²) in [5.74, 6) is 0.719. The van der Waals surface area contributed by atoms with E-state index in [0.29, 0.717) is 18.7 Å². The molecule has 1 unspecified atom stereocenters. The minimum Gasteiger partial charge on any atom is -0.492 e. The third-order valence-electron chi connectivity index (χ3n) is 4.98. The fourth-order valence-electron chi connectivity index (χ4n) is 3.25. The topological polar surface area (TPSA) is 116 Å². The fourth-order valence-corrected chi connectivity index (χ4v) is 5.54. The number of rotatable bonds is 10. The van der Waals surface area contributed by atoms with Crippen LogP contribution in [0.3, 0.4) is 0 Å². The fraction of sp³-hybridized carbons (Fsp3) is 0.227. The molecule has 2 aromatic heterocycles. The molecule has 2 aromatic carbocycles. The van der Waals surface area contributed by atoms with E-state index in [-0.39, 0.29) is 21.5 Å². The number of aromatic amines is 1. The summed E-state index contributed by atoms with van der Waals surface area (Å²) in [4.78, 5) is 0. The highest BCUT2D eigenvalue weighted by atomic mass is 35.5. The second kappa shape index (κ2) is 10.1. The number of aliphatic hydroxyl groups excluding tert-OH is 1. The van der Waals surface area contributed by atoms with E-state index < -0.39 is 16.1 Å². The van der Waals surface area contributed by atoms with Gasteiger partial charge >= 0.3 is 0 Å². The molecule has 0 aliphatic carbocycles. The predicted octanol–water partition coefficient (Wildman–Crippen LogP) is 4.09. The van der Waals surface area contributed by atoms with Gasteiger partial charge in [-0.25, -0.2) is 8.42 Å². The van der Waals surface area contributed by atoms with Crippen molar-refractivity contribution >= 4 is 49.6 Å². The number of sulfonamides is 1. The maximum atomic E-state index is 12.5. The van der Waals surface area contributed by atoms with Gasteiger partial charge in [-0.15, -0.1) is 11.3 Å². The molecule has 2 heterocycles. The van der Waals surface area contributed by atoms with Crippen LogP contribution in [-0.4, -0.2) is 43.4 Å². The van der Waals surface area contributed by atoms with Crippen LogP contribution in [0.15, 0.2) is 58.1 Å². The molecule has 1 atom stereocenters. The van der Waals surface area contributed by atoms with Crippen molar-refractivity contribution in [2.24, 2.45) is 0 Å². The number of aliphatic hydroxyl groups is 1. The number of ether oxygens (including phenoxy) is 1. The number of H-pyrrole nitrogens is 1. The monoisotopic (exact) mass is 506 g/mol. The Morgan fingerprint density at radius 1 is 1.24 bits per heavy atom. The molecule has 174 valence electrons. The number of anilines is 1. The van der Waals surface area contributed by atoms with Crippen LogP contribution in [0.1, 0.15) is 17.4 Å². The first kappa shape index (κ1) is 23.5. The van der Waals surface area contributed by atoms with Crippen molar-refractivity contribution in [3.63, 3.8) is 0 Å². The van der Waals surface area contributed by atoms with Crippen LogP contribution < -0.4 is 14.8 Å². The van der Waals surface area contributed by atoms with Crippen molar-refractivity contribution < 1.29 is 18.3 Å². The molecule has 0 aliphatic rings. The first-order valence-electron chi connectivity index (χ1n) is 10.2. The van der Waals surface area contributed by atoms with Gasteiger partial charge in [0.25, 0.3) is 10.0 Å². The first-order chi connectivity index (χ1) is 15.8. The number of aromatic nitrogens is 2. The number of nitrogens with zero attached hydrogens (tertiary/aromatic N) is 1. The van der Waals surface area contributed by atoms with Gasteiger partial charge in [-0.3, -0.25) is 9.82 Å². The Hall–Kier alpha value is -2.63. The zero-order valence-corrected chi connectivity index (χ0v) is 20.1. The number of hydrogen-bond donors (Lipinski definition) is 4. The van der Waals surface area contributed by atoms with Crippen molar-refractivity contribution in [2.45, 2.75) is 17.2 Å². The Morgan fingerprint density at radius 3 is 2.88 bits per heavy atom. The van der Waals surface area contributed by atoms with E-state index in [9.17, 15) is 13.5 Å². The maximum absolute atomic E-state index is 12.5. The van der Waals surface area contributed by atoms with Gasteiger partial charge in [0.1, 0.15) is 16.6 Å². The third kappa shape index (κ3) is 5.66. The molecule has 0 amide bonds. The van der Waals surface area contributed by atoms with Gasteiger partial charge in [0.15, 0.2) is 0 Å². The normalized spacial score (nSPS) is 12.7. The Bertz CT molecular complexity index is 1340. The Labute approximate surface area is 200 Å². The molecule has 33 heavy (non-hydrogen) atoms. The summed E-state index contributed by atoms with van der Waals surface area (Å²) in [5, 5.41) is 23.8. The predicted molar refractivity (Wildman–Crippen MR) is 131 cm³/mol. The Morgan fingerprint density at radius 2 is 2.09 bits per heavy atom. The third-order valence-corrected chi connectivity index (χ3v) is 8.07. The van der Waals surface area contributed by atoms with Crippen LogP contribution in [0.5, 0.6) is 5.75 Å². The smallest absolute Gasteiger partial charge is 0.271 e. The highest BCUT2D eigenvalue weighted by Gasteiger charge is 2.18. The van der Waals surface area contributed by atoms with Crippen molar-refractivity contribution in [3.05, 3.63) is 70.2 Å². The van der Waals surface area contributed by atoms with Crippen molar-refractivity contribution in [3.8, 4) is 5.75 Å². The van der Waals surface area contributed by atoms with Crippen LogP contribution in [0, 0.1) is 6.92 Å². The van der Waals surface area contributed by atoms with Gasteiger partial charge in [0, 0.05) is 30.2 Å². The number of hydrogen-bond acceptors (Lipinski definition) is 7. The Kier molecular flexibility index (Phi) is 7.20. The lowest BCUT2D eigenvalue weighted by Gasteiger charge is -2.15. The van der Waals surface area contributed by atoms with E-state index in [1.807, 2.05) is 25.1 Å². The number of fused-ring (bicyclic) bond motifs is 1. The summed E-state index contributed by atoms with van der Waals surface area (Å²) in [6.45, 7) is 3.15. The molecule has 4 N–H and O–H groups in total. The average molecular weight is 507 g/mol. The van der Waals surface area contributed by atoms with Crippen LogP contribution in [0.2, 0.25) is 5.02 Å². The van der Waals surface area contributed by atoms with E-state index >= 15 is 0 Å². The molecule has 0 radical (unpaired) electrons. The van der Waals surface area contributed by atoms with Crippen molar-refractivity contribution in [2.75, 3.05) is 24.4 Å². The molecule has 4 rings (SSSR count). The molecular formula is C22H23ClN4O4S2. The van der Waals surface area contributed by atoms with Crippen molar-refractivity contribution in [1.29, 1.82) is 0 Å². The van der Waals surface area contributed by atoms with Crippen LogP contribution in [-0.2, 0) is 10.0 Å². The minimum absolute atomic E-state index is 0.188. The molecule has 8 nitrogen and oxygen atoms in total. The van der Waals surface area contributed by atoms with Gasteiger partial charge in [-0.2, -0.15) is 5.10 Å². The molecule has 0 fully saturated rings. The summed E-state index contributed by atoms with van der Waals surface area (Å²) in [7, 11) is -3.73. The van der Waals surface area contributed by atoms with Crippen LogP contribution >= 0.6 is 22.9 Å². The SMILES string of the molecule is Cc1[nH]nc2cc(OCCNCC(O)c3ccc(Cl)c(NS(=O)(=O)c4cccs4)c3)ccc12. The second-order valence-electron chi connectivity index (χ2n) is 7.37. The summed E-state index contributed by atoms with van der Waals surface area (Å²) < 4.78 is 33.4. The lowest BCUT2D eigenvalue weighted by Crippen LogP contribution is -2.26. The molecule has 0 aliphatic heterocycles. The summed E-state index contributed by atoms with van der Waals surface area (Å²) in [6.07, 6.45) is -0.851. The summed E-state index contributed by atoms with van der Waals surface area (Å²) in [5.41, 5.74) is 2.61. The zero-order valence-electron chi connectivity index (χ0n) is 17.7. The maximum Gasteiger partial charge on any atom is 0.271 e. The van der Waals surface area contributed by atoms with E-state index in [2.05, 4.69) is 20.2 Å². The van der Waals surface area contributed by atoms with E-state index in [1.54, 1.807) is 23.6 Å². The van der Waals surface area contributed by atoms with Gasteiger partial charge in [0.2, 0.25) is 0 Å². The minimum atomic E-state index is -3.73. The van der Waals surface area contributed by atoms with Crippen LogP contribution in [0.25, 0.3) is 10.9 Å². The molecule has 11 heteroatoms. The second-order valence-corrected chi connectivity index (χ2v) is 10.6. The number of aryl methyl sites for hydroxylation is 1. The highest BCUT2D eigenvalue weighted by molar-refractivity contribution is 7.94. The summed E-state index contributed by atoms with van der Waals surface area (Å²) >= 11 is 7.28. The van der Waals surface area contributed by atoms with Gasteiger partial charge in [-0.1, -0.05) is 23.7 Å². The lowest BCUT2D eigenvalue weighted by molar-refractivity contribution is 0.172. The molecule has 0 saturated heterocycles. The largest absolute Gasteiger partial charge is 0.492 e.